The maximum atomic E-state index is 12.9. The summed E-state index contributed by atoms with van der Waals surface area (Å²) in [6.07, 6.45) is 4.94. The number of allylic oxidation sites excluding steroid dienone is 1. The standard InChI is InChI=1S/C27H27N3O3/c1-6-13-28-26-18(4)25(32)24(27(33)29-17(2)3)16-30(26)23-12-8-11-22(15-23)21-10-7-9-20(14-21)19(5)31/h6-17H,4H2,1-3,5H3,(H,29,33)/p+1. The molecule has 0 bridgehead atoms. The second-order valence-electron chi connectivity index (χ2n) is 8.09. The van der Waals surface area contributed by atoms with Gasteiger partial charge in [0.2, 0.25) is 11.6 Å². The molecule has 3 rings (SSSR count). The summed E-state index contributed by atoms with van der Waals surface area (Å²) in [6.45, 7) is 11.0. The Bertz CT molecular complexity index is 1220. The predicted molar refractivity (Wildman–Crippen MR) is 130 cm³/mol. The summed E-state index contributed by atoms with van der Waals surface area (Å²) in [5.41, 5.74) is 3.41. The maximum absolute atomic E-state index is 12.9. The van der Waals surface area contributed by atoms with E-state index in [1.54, 1.807) is 24.5 Å². The average molecular weight is 443 g/mol. The van der Waals surface area contributed by atoms with Gasteiger partial charge in [0, 0.05) is 23.9 Å². The summed E-state index contributed by atoms with van der Waals surface area (Å²) in [4.78, 5) is 42.5. The number of nitrogens with one attached hydrogen (secondary N) is 2. The second kappa shape index (κ2) is 10.1. The normalized spacial score (nSPS) is 17.5. The number of carbonyl (C=O) groups is 3. The van der Waals surface area contributed by atoms with Crippen molar-refractivity contribution in [2.45, 2.75) is 33.7 Å². The molecule has 6 heteroatoms. The van der Waals surface area contributed by atoms with Crippen LogP contribution in [0.25, 0.3) is 11.1 Å². The monoisotopic (exact) mass is 442 g/mol. The molecule has 1 unspecified atom stereocenters. The van der Waals surface area contributed by atoms with E-state index in [0.717, 1.165) is 16.8 Å². The Hall–Kier alpha value is -3.90. The highest BCUT2D eigenvalue weighted by molar-refractivity contribution is 6.34. The molecule has 1 aliphatic heterocycles. The number of amidine groups is 1. The van der Waals surface area contributed by atoms with E-state index in [0.29, 0.717) is 16.3 Å². The number of aliphatic imine (C=N–C) groups is 1. The van der Waals surface area contributed by atoms with Crippen LogP contribution in [0.5, 0.6) is 0 Å². The maximum Gasteiger partial charge on any atom is 0.260 e. The van der Waals surface area contributed by atoms with Gasteiger partial charge < -0.3 is 5.32 Å². The zero-order valence-corrected chi connectivity index (χ0v) is 19.3. The van der Waals surface area contributed by atoms with Crippen LogP contribution in [0.1, 0.15) is 38.1 Å². The first-order valence-corrected chi connectivity index (χ1v) is 10.8. The summed E-state index contributed by atoms with van der Waals surface area (Å²) >= 11 is 0. The summed E-state index contributed by atoms with van der Waals surface area (Å²) in [7, 11) is 0. The minimum Gasteiger partial charge on any atom is -0.350 e. The Morgan fingerprint density at radius 2 is 1.76 bits per heavy atom. The fourth-order valence-electron chi connectivity index (χ4n) is 3.52. The van der Waals surface area contributed by atoms with Crippen molar-refractivity contribution in [3.05, 3.63) is 90.3 Å². The molecular weight excluding hydrogens is 414 g/mol. The Balaban J connectivity index is 2.13. The van der Waals surface area contributed by atoms with Crippen molar-refractivity contribution in [3.63, 3.8) is 0 Å². The van der Waals surface area contributed by atoms with E-state index >= 15 is 0 Å². The van der Waals surface area contributed by atoms with Crippen LogP contribution < -0.4 is 10.2 Å². The van der Waals surface area contributed by atoms with Gasteiger partial charge in [0.15, 0.2) is 5.78 Å². The first kappa shape index (κ1) is 23.8. The first-order valence-electron chi connectivity index (χ1n) is 10.8. The lowest BCUT2D eigenvalue weighted by Gasteiger charge is -2.23. The van der Waals surface area contributed by atoms with Gasteiger partial charge >= 0.3 is 0 Å². The number of quaternary nitrogens is 1. The number of ketones is 2. The van der Waals surface area contributed by atoms with E-state index < -0.39 is 11.7 Å². The minimum absolute atomic E-state index is 0.00557. The molecule has 0 spiro atoms. The number of amides is 1. The van der Waals surface area contributed by atoms with Gasteiger partial charge in [-0.15, -0.1) is 0 Å². The van der Waals surface area contributed by atoms with Crippen molar-refractivity contribution in [2.24, 2.45) is 4.99 Å². The van der Waals surface area contributed by atoms with E-state index in [2.05, 4.69) is 16.9 Å². The van der Waals surface area contributed by atoms with Crippen molar-refractivity contribution >= 4 is 29.0 Å². The lowest BCUT2D eigenvalue weighted by molar-refractivity contribution is -0.666. The van der Waals surface area contributed by atoms with Gasteiger partial charge in [-0.3, -0.25) is 14.4 Å². The number of hydrogen-bond donors (Lipinski definition) is 2. The highest BCUT2D eigenvalue weighted by Gasteiger charge is 2.37. The molecule has 0 aromatic heterocycles. The summed E-state index contributed by atoms with van der Waals surface area (Å²) in [5, 5.41) is 2.78. The molecular formula is C27H28N3O3+. The molecule has 0 saturated carbocycles. The van der Waals surface area contributed by atoms with Crippen molar-refractivity contribution < 1.29 is 19.3 Å². The fraction of sp³-hybridized carbons (Fsp3) is 0.185. The second-order valence-corrected chi connectivity index (χ2v) is 8.09. The SMILES string of the molecule is C=C1C(=O)C(C(=O)NC(C)C)=C[NH+](c2cccc(-c3cccc(C(C)=O)c3)c2)C1=NC=CC. The number of nitrogens with zero attached hydrogens (tertiary/aromatic N) is 1. The van der Waals surface area contributed by atoms with Gasteiger partial charge in [-0.25, -0.2) is 9.89 Å². The third-order valence-electron chi connectivity index (χ3n) is 5.14. The molecule has 1 amide bonds. The molecule has 2 aromatic carbocycles. The zero-order chi connectivity index (χ0) is 24.1. The molecule has 1 atom stereocenters. The van der Waals surface area contributed by atoms with E-state index in [1.165, 1.54) is 6.92 Å². The molecule has 0 fully saturated rings. The van der Waals surface area contributed by atoms with Crippen molar-refractivity contribution in [2.75, 3.05) is 0 Å². The van der Waals surface area contributed by atoms with Crippen LogP contribution in [-0.4, -0.2) is 29.4 Å². The van der Waals surface area contributed by atoms with Crippen LogP contribution in [0.3, 0.4) is 0 Å². The van der Waals surface area contributed by atoms with E-state index in [9.17, 15) is 14.4 Å². The molecule has 0 saturated heterocycles. The molecule has 0 radical (unpaired) electrons. The van der Waals surface area contributed by atoms with E-state index in [-0.39, 0.29) is 23.0 Å². The predicted octanol–water partition coefficient (Wildman–Crippen LogP) is 3.55. The smallest absolute Gasteiger partial charge is 0.260 e. The number of hydrogen-bond acceptors (Lipinski definition) is 4. The first-order chi connectivity index (χ1) is 15.7. The lowest BCUT2D eigenvalue weighted by atomic mass is 9.97. The van der Waals surface area contributed by atoms with Crippen molar-refractivity contribution in [1.82, 2.24) is 5.32 Å². The van der Waals surface area contributed by atoms with E-state index in [1.807, 2.05) is 63.2 Å². The van der Waals surface area contributed by atoms with Crippen LogP contribution in [-0.2, 0) is 9.59 Å². The van der Waals surface area contributed by atoms with Crippen LogP contribution in [0, 0.1) is 0 Å². The lowest BCUT2D eigenvalue weighted by Crippen LogP contribution is -3.07. The zero-order valence-electron chi connectivity index (χ0n) is 19.3. The minimum atomic E-state index is -0.441. The van der Waals surface area contributed by atoms with Crippen molar-refractivity contribution in [3.8, 4) is 11.1 Å². The number of rotatable bonds is 6. The third-order valence-corrected chi connectivity index (χ3v) is 5.14. The highest BCUT2D eigenvalue weighted by atomic mass is 16.2. The quantitative estimate of drug-likeness (QED) is 0.408. The molecule has 2 aromatic rings. The molecule has 1 aliphatic rings. The van der Waals surface area contributed by atoms with Gasteiger partial charge in [0.05, 0.1) is 5.57 Å². The van der Waals surface area contributed by atoms with E-state index in [4.69, 9.17) is 0 Å². The van der Waals surface area contributed by atoms with Gasteiger partial charge in [-0.2, -0.15) is 0 Å². The molecule has 33 heavy (non-hydrogen) atoms. The van der Waals surface area contributed by atoms with Gasteiger partial charge in [0.1, 0.15) is 17.5 Å². The highest BCUT2D eigenvalue weighted by Crippen LogP contribution is 2.23. The molecule has 2 N–H and O–H groups in total. The molecule has 0 aliphatic carbocycles. The fourth-order valence-corrected chi connectivity index (χ4v) is 3.52. The summed E-state index contributed by atoms with van der Waals surface area (Å²) in [5.74, 6) is -0.461. The topological polar surface area (TPSA) is 80.0 Å². The average Bonchev–Trinajstić information content (AvgIpc) is 2.79. The Morgan fingerprint density at radius 1 is 1.09 bits per heavy atom. The number of carbonyl (C=O) groups excluding carboxylic acids is 3. The van der Waals surface area contributed by atoms with Gasteiger partial charge in [0.25, 0.3) is 5.91 Å². The van der Waals surface area contributed by atoms with Gasteiger partial charge in [-0.1, -0.05) is 43.0 Å². The Morgan fingerprint density at radius 3 is 2.39 bits per heavy atom. The third kappa shape index (κ3) is 5.30. The number of Topliss-reactive ketones (excluding diaryl/α,β-unsaturated/α-hetero) is 2. The summed E-state index contributed by atoms with van der Waals surface area (Å²) < 4.78 is 0. The number of benzene rings is 2. The van der Waals surface area contributed by atoms with Crippen LogP contribution >= 0.6 is 0 Å². The van der Waals surface area contributed by atoms with Crippen LogP contribution in [0.15, 0.2) is 89.7 Å². The van der Waals surface area contributed by atoms with Gasteiger partial charge in [-0.05, 0) is 51.0 Å². The Kier molecular flexibility index (Phi) is 7.30. The summed E-state index contributed by atoms with van der Waals surface area (Å²) in [6, 6.07) is 15.0. The molecule has 6 nitrogen and oxygen atoms in total. The molecule has 1 heterocycles. The largest absolute Gasteiger partial charge is 0.350 e. The van der Waals surface area contributed by atoms with Crippen LogP contribution in [0.4, 0.5) is 5.69 Å². The molecule has 168 valence electrons. The van der Waals surface area contributed by atoms with Crippen molar-refractivity contribution in [1.29, 1.82) is 0 Å². The van der Waals surface area contributed by atoms with Crippen LogP contribution in [0.2, 0.25) is 0 Å². The Labute approximate surface area is 194 Å².